The van der Waals surface area contributed by atoms with Gasteiger partial charge >= 0.3 is 0 Å². The molecule has 1 atom stereocenters. The van der Waals surface area contributed by atoms with Crippen LogP contribution in [0.25, 0.3) is 5.65 Å². The van der Waals surface area contributed by atoms with Crippen molar-refractivity contribution in [3.63, 3.8) is 0 Å². The van der Waals surface area contributed by atoms with Crippen molar-refractivity contribution in [2.45, 2.75) is 44.6 Å². The summed E-state index contributed by atoms with van der Waals surface area (Å²) in [4.78, 5) is 30.7. The number of rotatable bonds is 2. The van der Waals surface area contributed by atoms with Gasteiger partial charge in [0.1, 0.15) is 6.10 Å². The first-order valence-corrected chi connectivity index (χ1v) is 8.61. The van der Waals surface area contributed by atoms with Crippen molar-refractivity contribution >= 4 is 11.6 Å². The number of carbonyl (C=O) groups excluding carboxylic acids is 1. The lowest BCUT2D eigenvalue weighted by atomic mass is 9.93. The molecule has 7 nitrogen and oxygen atoms in total. The summed E-state index contributed by atoms with van der Waals surface area (Å²) in [6.07, 6.45) is 3.36. The molecule has 4 heterocycles. The van der Waals surface area contributed by atoms with Gasteiger partial charge in [0.15, 0.2) is 5.65 Å². The molecule has 2 saturated heterocycles. The van der Waals surface area contributed by atoms with Crippen LogP contribution >= 0.6 is 0 Å². The van der Waals surface area contributed by atoms with Crippen molar-refractivity contribution in [2.24, 2.45) is 0 Å². The van der Waals surface area contributed by atoms with E-state index in [-0.39, 0.29) is 17.6 Å². The Balaban J connectivity index is 1.47. The lowest BCUT2D eigenvalue weighted by Gasteiger charge is -2.32. The highest BCUT2D eigenvalue weighted by molar-refractivity contribution is 5.81. The van der Waals surface area contributed by atoms with Crippen LogP contribution in [0.15, 0.2) is 16.9 Å². The third kappa shape index (κ3) is 2.73. The highest BCUT2D eigenvalue weighted by atomic mass is 16.5. The van der Waals surface area contributed by atoms with Crippen molar-refractivity contribution < 1.29 is 9.53 Å². The number of nitrogens with one attached hydrogen (secondary N) is 1. The van der Waals surface area contributed by atoms with Gasteiger partial charge in [0.2, 0.25) is 0 Å². The number of nitrogens with zero attached hydrogens (tertiary/aromatic N) is 3. The molecule has 4 rings (SSSR count). The average Bonchev–Trinajstić information content (AvgIpc) is 3.24. The molecule has 2 fully saturated rings. The first kappa shape index (κ1) is 15.4. The number of ether oxygens (including phenoxy) is 1. The Kier molecular flexibility index (Phi) is 3.88. The quantitative estimate of drug-likeness (QED) is 0.898. The standard InChI is InChI=1S/C17H22N4O3/c1-11-9-16(22)21-15(18-11)10-13(19-21)12-4-6-20(7-5-12)17(23)14-3-2-8-24-14/h9-10,12,14,19H,2-8H2,1H3/t14-/m0/s1. The Hall–Kier alpha value is -2.15. The molecule has 0 bridgehead atoms. The fraction of sp³-hybridized carbons (Fsp3) is 0.588. The molecule has 2 aromatic heterocycles. The van der Waals surface area contributed by atoms with E-state index >= 15 is 0 Å². The zero-order chi connectivity index (χ0) is 16.7. The molecule has 2 aliphatic rings. The highest BCUT2D eigenvalue weighted by Crippen LogP contribution is 2.28. The first-order chi connectivity index (χ1) is 11.6. The molecule has 7 heteroatoms. The number of aromatic amines is 1. The third-order valence-corrected chi connectivity index (χ3v) is 5.05. The van der Waals surface area contributed by atoms with Gasteiger partial charge in [-0.05, 0) is 32.6 Å². The van der Waals surface area contributed by atoms with Gasteiger partial charge in [-0.3, -0.25) is 14.7 Å². The molecule has 1 N–H and O–H groups in total. The smallest absolute Gasteiger partial charge is 0.272 e. The largest absolute Gasteiger partial charge is 0.368 e. The van der Waals surface area contributed by atoms with Crippen molar-refractivity contribution in [3.8, 4) is 0 Å². The molecule has 0 spiro atoms. The Morgan fingerprint density at radius 1 is 1.29 bits per heavy atom. The van der Waals surface area contributed by atoms with Crippen LogP contribution < -0.4 is 5.56 Å². The summed E-state index contributed by atoms with van der Waals surface area (Å²) < 4.78 is 6.99. The summed E-state index contributed by atoms with van der Waals surface area (Å²) >= 11 is 0. The second-order valence-corrected chi connectivity index (χ2v) is 6.74. The maximum Gasteiger partial charge on any atom is 0.272 e. The molecule has 2 aliphatic heterocycles. The number of fused-ring (bicyclic) bond motifs is 1. The normalized spacial score (nSPS) is 22.4. The van der Waals surface area contributed by atoms with E-state index in [2.05, 4.69) is 10.1 Å². The van der Waals surface area contributed by atoms with E-state index in [0.29, 0.717) is 18.2 Å². The predicted octanol–water partition coefficient (Wildman–Crippen LogP) is 1.22. The van der Waals surface area contributed by atoms with Crippen molar-refractivity contribution in [1.29, 1.82) is 0 Å². The summed E-state index contributed by atoms with van der Waals surface area (Å²) in [5.74, 6) is 0.455. The second kappa shape index (κ2) is 6.05. The highest BCUT2D eigenvalue weighted by Gasteiger charge is 2.31. The van der Waals surface area contributed by atoms with Gasteiger partial charge in [0.25, 0.3) is 11.5 Å². The Morgan fingerprint density at radius 2 is 2.08 bits per heavy atom. The lowest BCUT2D eigenvalue weighted by molar-refractivity contribution is -0.142. The first-order valence-electron chi connectivity index (χ1n) is 8.61. The fourth-order valence-electron chi connectivity index (χ4n) is 3.72. The van der Waals surface area contributed by atoms with Crippen LogP contribution in [0.3, 0.4) is 0 Å². The molecule has 128 valence electrons. The van der Waals surface area contributed by atoms with Gasteiger partial charge in [-0.25, -0.2) is 9.50 Å². The summed E-state index contributed by atoms with van der Waals surface area (Å²) in [5, 5.41) is 3.17. The Bertz CT molecular complexity index is 811. The number of piperidine rings is 1. The molecular weight excluding hydrogens is 308 g/mol. The minimum Gasteiger partial charge on any atom is -0.368 e. The minimum atomic E-state index is -0.236. The molecule has 0 aliphatic carbocycles. The number of amides is 1. The van der Waals surface area contributed by atoms with E-state index in [1.54, 1.807) is 0 Å². The molecule has 1 amide bonds. The maximum atomic E-state index is 12.4. The zero-order valence-electron chi connectivity index (χ0n) is 13.8. The second-order valence-electron chi connectivity index (χ2n) is 6.74. The molecule has 2 aromatic rings. The molecule has 24 heavy (non-hydrogen) atoms. The zero-order valence-corrected chi connectivity index (χ0v) is 13.8. The van der Waals surface area contributed by atoms with Crippen LogP contribution in [0.4, 0.5) is 0 Å². The number of aromatic nitrogens is 3. The topological polar surface area (TPSA) is 79.7 Å². The van der Waals surface area contributed by atoms with Crippen LogP contribution in [0, 0.1) is 6.92 Å². The summed E-state index contributed by atoms with van der Waals surface area (Å²) in [6.45, 7) is 3.99. The molecule has 0 saturated carbocycles. The van der Waals surface area contributed by atoms with E-state index in [1.807, 2.05) is 17.9 Å². The summed E-state index contributed by atoms with van der Waals surface area (Å²) in [6, 6.07) is 3.48. The Morgan fingerprint density at radius 3 is 2.79 bits per heavy atom. The third-order valence-electron chi connectivity index (χ3n) is 5.05. The van der Waals surface area contributed by atoms with Crippen LogP contribution in [0.1, 0.15) is 43.0 Å². The van der Waals surface area contributed by atoms with Crippen LogP contribution in [0.2, 0.25) is 0 Å². The monoisotopic (exact) mass is 330 g/mol. The molecular formula is C17H22N4O3. The van der Waals surface area contributed by atoms with E-state index < -0.39 is 0 Å². The van der Waals surface area contributed by atoms with Gasteiger partial charge in [-0.2, -0.15) is 0 Å². The average molecular weight is 330 g/mol. The molecule has 0 radical (unpaired) electrons. The van der Waals surface area contributed by atoms with E-state index in [0.717, 1.165) is 50.2 Å². The van der Waals surface area contributed by atoms with Crippen LogP contribution in [-0.2, 0) is 9.53 Å². The van der Waals surface area contributed by atoms with Crippen molar-refractivity contribution in [2.75, 3.05) is 19.7 Å². The maximum absolute atomic E-state index is 12.4. The van der Waals surface area contributed by atoms with Gasteiger partial charge < -0.3 is 9.64 Å². The minimum absolute atomic E-state index is 0.0882. The molecule has 0 unspecified atom stereocenters. The number of H-pyrrole nitrogens is 1. The van der Waals surface area contributed by atoms with Crippen LogP contribution in [-0.4, -0.2) is 51.2 Å². The van der Waals surface area contributed by atoms with Crippen molar-refractivity contribution in [1.82, 2.24) is 19.5 Å². The number of hydrogen-bond acceptors (Lipinski definition) is 4. The van der Waals surface area contributed by atoms with E-state index in [9.17, 15) is 9.59 Å². The lowest BCUT2D eigenvalue weighted by Crippen LogP contribution is -2.43. The van der Waals surface area contributed by atoms with Gasteiger partial charge in [-0.1, -0.05) is 0 Å². The number of hydrogen-bond donors (Lipinski definition) is 1. The van der Waals surface area contributed by atoms with Gasteiger partial charge in [-0.15, -0.1) is 0 Å². The molecule has 0 aromatic carbocycles. The number of likely N-dealkylation sites (tertiary alicyclic amines) is 1. The number of aryl methyl sites for hydroxylation is 1. The Labute approximate surface area is 139 Å². The van der Waals surface area contributed by atoms with E-state index in [4.69, 9.17) is 4.74 Å². The summed E-state index contributed by atoms with van der Waals surface area (Å²) in [5.41, 5.74) is 2.32. The summed E-state index contributed by atoms with van der Waals surface area (Å²) in [7, 11) is 0. The SMILES string of the molecule is Cc1cc(=O)n2[nH]c(C3CCN(C(=O)[C@@H]4CCCO4)CC3)cc2n1. The number of carbonyl (C=O) groups is 1. The fourth-order valence-corrected chi connectivity index (χ4v) is 3.72. The van der Waals surface area contributed by atoms with E-state index in [1.165, 1.54) is 10.6 Å². The van der Waals surface area contributed by atoms with Crippen molar-refractivity contribution in [3.05, 3.63) is 33.9 Å². The van der Waals surface area contributed by atoms with Crippen LogP contribution in [0.5, 0.6) is 0 Å². The van der Waals surface area contributed by atoms with Gasteiger partial charge in [0.05, 0.1) is 0 Å². The van der Waals surface area contributed by atoms with Gasteiger partial charge in [0, 0.05) is 49.1 Å². The predicted molar refractivity (Wildman–Crippen MR) is 88.1 cm³/mol.